The van der Waals surface area contributed by atoms with Crippen LogP contribution in [0, 0.1) is 11.8 Å². The number of rotatable bonds is 8. The quantitative estimate of drug-likeness (QED) is 0.116. The SMILES string of the molecule is COC1CC(C2OC3CC(O)CC(O[C@@H]4O[C@H](CO)[C@@H](O)[C@H](O)[C@H]4O)C3CC2O[C@@H]2O[C@H](CO)[C@@H](O)[C@H](O)[C@H]2O)CC(O)C1O. The maximum atomic E-state index is 10.8. The molecule has 10 unspecified atom stereocenters. The van der Waals surface area contributed by atoms with Crippen molar-refractivity contribution in [1.29, 1.82) is 0 Å². The molecule has 17 heteroatoms. The third-order valence-corrected chi connectivity index (χ3v) is 10.1. The van der Waals surface area contributed by atoms with Crippen LogP contribution in [0.4, 0.5) is 0 Å². The van der Waals surface area contributed by atoms with Gasteiger partial charge in [0.25, 0.3) is 0 Å². The summed E-state index contributed by atoms with van der Waals surface area (Å²) in [4.78, 5) is 0. The highest BCUT2D eigenvalue weighted by Crippen LogP contribution is 2.45. The predicted octanol–water partition coefficient (Wildman–Crippen LogP) is -5.57. The number of aliphatic hydroxyl groups is 11. The van der Waals surface area contributed by atoms with E-state index in [2.05, 4.69) is 0 Å². The molecule has 5 aliphatic rings. The molecule has 0 radical (unpaired) electrons. The average Bonchev–Trinajstić information content (AvgIpc) is 3.02. The van der Waals surface area contributed by atoms with Gasteiger partial charge in [-0.05, 0) is 31.6 Å². The molecule has 0 bridgehead atoms. The number of ether oxygens (including phenoxy) is 6. The van der Waals surface area contributed by atoms with E-state index in [1.807, 2.05) is 0 Å². The van der Waals surface area contributed by atoms with E-state index in [1.165, 1.54) is 7.11 Å². The minimum absolute atomic E-state index is 0.0665. The highest BCUT2D eigenvalue weighted by Gasteiger charge is 2.54. The Morgan fingerprint density at radius 3 is 1.64 bits per heavy atom. The molecular formula is C28H48O17. The molecule has 3 aliphatic heterocycles. The van der Waals surface area contributed by atoms with Gasteiger partial charge in [0.2, 0.25) is 0 Å². The second-order valence-electron chi connectivity index (χ2n) is 13.0. The molecule has 0 aromatic rings. The minimum atomic E-state index is -1.71. The van der Waals surface area contributed by atoms with Crippen molar-refractivity contribution in [3.8, 4) is 0 Å². The van der Waals surface area contributed by atoms with E-state index in [4.69, 9.17) is 28.4 Å². The molecule has 5 fully saturated rings. The van der Waals surface area contributed by atoms with Gasteiger partial charge < -0.3 is 84.6 Å². The van der Waals surface area contributed by atoms with Gasteiger partial charge in [0.15, 0.2) is 12.6 Å². The lowest BCUT2D eigenvalue weighted by Crippen LogP contribution is -2.63. The van der Waals surface area contributed by atoms with Gasteiger partial charge in [0, 0.05) is 19.4 Å². The van der Waals surface area contributed by atoms with Gasteiger partial charge in [-0.25, -0.2) is 0 Å². The van der Waals surface area contributed by atoms with E-state index in [0.29, 0.717) is 0 Å². The molecule has 17 nitrogen and oxygen atoms in total. The molecule has 3 heterocycles. The van der Waals surface area contributed by atoms with Crippen LogP contribution in [0.25, 0.3) is 0 Å². The fraction of sp³-hybridized carbons (Fsp3) is 1.00. The summed E-state index contributed by atoms with van der Waals surface area (Å²) < 4.78 is 35.4. The van der Waals surface area contributed by atoms with Crippen molar-refractivity contribution in [2.45, 2.75) is 142 Å². The van der Waals surface area contributed by atoms with Crippen LogP contribution in [-0.4, -0.2) is 187 Å². The van der Waals surface area contributed by atoms with Crippen molar-refractivity contribution < 1.29 is 84.6 Å². The maximum absolute atomic E-state index is 10.8. The van der Waals surface area contributed by atoms with Crippen LogP contribution < -0.4 is 0 Å². The van der Waals surface area contributed by atoms with Crippen molar-refractivity contribution in [2.75, 3.05) is 20.3 Å². The van der Waals surface area contributed by atoms with E-state index in [1.54, 1.807) is 0 Å². The zero-order valence-corrected chi connectivity index (χ0v) is 24.9. The smallest absolute Gasteiger partial charge is 0.187 e. The van der Waals surface area contributed by atoms with Crippen LogP contribution in [-0.2, 0) is 28.4 Å². The topological polar surface area (TPSA) is 278 Å². The number of aliphatic hydroxyl groups excluding tert-OH is 11. The van der Waals surface area contributed by atoms with Gasteiger partial charge in [0.05, 0.1) is 55.9 Å². The average molecular weight is 657 g/mol. The fourth-order valence-electron chi connectivity index (χ4n) is 7.52. The normalized spacial score (nSPS) is 54.4. The zero-order chi connectivity index (χ0) is 32.7. The Balaban J connectivity index is 1.40. The molecule has 2 saturated carbocycles. The molecule has 11 N–H and O–H groups in total. The van der Waals surface area contributed by atoms with E-state index in [9.17, 15) is 56.2 Å². The summed E-state index contributed by atoms with van der Waals surface area (Å²) in [5, 5.41) is 113. The van der Waals surface area contributed by atoms with Crippen LogP contribution in [0.2, 0.25) is 0 Å². The summed E-state index contributed by atoms with van der Waals surface area (Å²) >= 11 is 0. The summed E-state index contributed by atoms with van der Waals surface area (Å²) in [5.74, 6) is -0.989. The lowest BCUT2D eigenvalue weighted by molar-refractivity contribution is -0.345. The monoisotopic (exact) mass is 656 g/mol. The van der Waals surface area contributed by atoms with Crippen LogP contribution >= 0.6 is 0 Å². The van der Waals surface area contributed by atoms with Crippen molar-refractivity contribution in [3.05, 3.63) is 0 Å². The summed E-state index contributed by atoms with van der Waals surface area (Å²) in [6.07, 6.45) is -21.8. The molecule has 45 heavy (non-hydrogen) atoms. The number of hydrogen-bond acceptors (Lipinski definition) is 17. The van der Waals surface area contributed by atoms with Crippen molar-refractivity contribution in [1.82, 2.24) is 0 Å². The lowest BCUT2D eigenvalue weighted by Gasteiger charge is -2.53. The van der Waals surface area contributed by atoms with Crippen LogP contribution in [0.15, 0.2) is 0 Å². The molecule has 262 valence electrons. The molecule has 0 aromatic heterocycles. The standard InChI is InChI=1S/C28H48O17/c1-40-15-3-9(2-12(32)19(15)33)26-16(43-28-25(39)23(37)21(35)18(8-30)45-28)6-11-13(41-26)4-10(31)5-14(11)42-27-24(38)22(36)20(34)17(7-29)44-27/h9-39H,2-8H2,1H3/t9?,10?,11?,12?,13?,14?,15?,16?,17-,18-,19?,20-,21-,22+,23+,24-,25-,26?,27-,28-/m1/s1. The minimum Gasteiger partial charge on any atom is -0.394 e. The third kappa shape index (κ3) is 7.20. The first-order valence-corrected chi connectivity index (χ1v) is 15.5. The Labute approximate surface area is 259 Å². The zero-order valence-electron chi connectivity index (χ0n) is 24.9. The fourth-order valence-corrected chi connectivity index (χ4v) is 7.52. The van der Waals surface area contributed by atoms with E-state index in [-0.39, 0.29) is 32.1 Å². The Kier molecular flexibility index (Phi) is 11.7. The largest absolute Gasteiger partial charge is 0.394 e. The van der Waals surface area contributed by atoms with Gasteiger partial charge in [-0.3, -0.25) is 0 Å². The predicted molar refractivity (Wildman–Crippen MR) is 145 cm³/mol. The van der Waals surface area contributed by atoms with Crippen LogP contribution in [0.5, 0.6) is 0 Å². The first kappa shape index (κ1) is 35.6. The van der Waals surface area contributed by atoms with Gasteiger partial charge in [0.1, 0.15) is 54.9 Å². The highest BCUT2D eigenvalue weighted by molar-refractivity contribution is 5.01. The van der Waals surface area contributed by atoms with Gasteiger partial charge >= 0.3 is 0 Å². The van der Waals surface area contributed by atoms with Crippen LogP contribution in [0.1, 0.15) is 32.1 Å². The Morgan fingerprint density at radius 2 is 1.11 bits per heavy atom. The van der Waals surface area contributed by atoms with Crippen LogP contribution in [0.3, 0.4) is 0 Å². The Morgan fingerprint density at radius 1 is 0.556 bits per heavy atom. The second kappa shape index (κ2) is 14.8. The summed E-state index contributed by atoms with van der Waals surface area (Å²) in [5.41, 5.74) is 0. The Bertz CT molecular complexity index is 943. The second-order valence-corrected chi connectivity index (χ2v) is 13.0. The highest BCUT2D eigenvalue weighted by atomic mass is 16.7. The van der Waals surface area contributed by atoms with Gasteiger partial charge in [-0.2, -0.15) is 0 Å². The number of hydrogen-bond donors (Lipinski definition) is 11. The Hall–Kier alpha value is -0.680. The van der Waals surface area contributed by atoms with E-state index < -0.39 is 135 Å². The van der Waals surface area contributed by atoms with E-state index >= 15 is 0 Å². The molecule has 3 saturated heterocycles. The van der Waals surface area contributed by atoms with Gasteiger partial charge in [-0.15, -0.1) is 0 Å². The van der Waals surface area contributed by atoms with Crippen molar-refractivity contribution in [2.24, 2.45) is 11.8 Å². The van der Waals surface area contributed by atoms with Crippen molar-refractivity contribution >= 4 is 0 Å². The molecular weight excluding hydrogens is 608 g/mol. The lowest BCUT2D eigenvalue weighted by atomic mass is 9.72. The number of methoxy groups -OCH3 is 1. The summed E-state index contributed by atoms with van der Waals surface area (Å²) in [7, 11) is 1.40. The van der Waals surface area contributed by atoms with E-state index in [0.717, 1.165) is 0 Å². The molecule has 2 aliphatic carbocycles. The first-order chi connectivity index (χ1) is 21.4. The van der Waals surface area contributed by atoms with Crippen molar-refractivity contribution in [3.63, 3.8) is 0 Å². The molecule has 0 aromatic carbocycles. The molecule has 5 rings (SSSR count). The van der Waals surface area contributed by atoms with Gasteiger partial charge in [-0.1, -0.05) is 0 Å². The molecule has 0 spiro atoms. The molecule has 0 amide bonds. The third-order valence-electron chi connectivity index (χ3n) is 10.1. The summed E-state index contributed by atoms with van der Waals surface area (Å²) in [6.45, 7) is -1.33. The molecule has 20 atom stereocenters. The number of fused-ring (bicyclic) bond motifs is 1. The first-order valence-electron chi connectivity index (χ1n) is 15.5. The maximum Gasteiger partial charge on any atom is 0.187 e. The summed E-state index contributed by atoms with van der Waals surface area (Å²) in [6, 6.07) is 0.